The van der Waals surface area contributed by atoms with Gasteiger partial charge < -0.3 is 9.84 Å². The van der Waals surface area contributed by atoms with E-state index in [0.29, 0.717) is 13.0 Å². The molecule has 0 aliphatic rings. The highest BCUT2D eigenvalue weighted by Crippen LogP contribution is 2.20. The molecule has 0 saturated heterocycles. The summed E-state index contributed by atoms with van der Waals surface area (Å²) in [6, 6.07) is 7.89. The Morgan fingerprint density at radius 3 is 2.40 bits per heavy atom. The van der Waals surface area contributed by atoms with Crippen LogP contribution in [0.3, 0.4) is 0 Å². The fourth-order valence-electron chi connectivity index (χ4n) is 1.01. The van der Waals surface area contributed by atoms with Crippen LogP contribution in [-0.4, -0.2) is 23.6 Å². The van der Waals surface area contributed by atoms with E-state index in [1.54, 1.807) is 18.7 Å². The van der Waals surface area contributed by atoms with E-state index in [1.165, 1.54) is 4.90 Å². The molecule has 1 rings (SSSR count). The van der Waals surface area contributed by atoms with E-state index in [4.69, 9.17) is 4.74 Å². The van der Waals surface area contributed by atoms with E-state index in [-0.39, 0.29) is 0 Å². The Hall–Kier alpha value is -0.670. The van der Waals surface area contributed by atoms with Gasteiger partial charge in [-0.1, -0.05) is 6.92 Å². The normalized spacial score (nSPS) is 14.7. The van der Waals surface area contributed by atoms with Gasteiger partial charge in [0.1, 0.15) is 12.4 Å². The Balaban J connectivity index is 2.51. The average Bonchev–Trinajstić information content (AvgIpc) is 2.27. The molecule has 0 spiro atoms. The van der Waals surface area contributed by atoms with Gasteiger partial charge in [-0.2, -0.15) is 0 Å². The van der Waals surface area contributed by atoms with Gasteiger partial charge in [0.2, 0.25) is 0 Å². The van der Waals surface area contributed by atoms with Gasteiger partial charge in [0.05, 0.1) is 5.60 Å². The van der Waals surface area contributed by atoms with Crippen LogP contribution >= 0.6 is 11.8 Å². The molecule has 15 heavy (non-hydrogen) atoms. The summed E-state index contributed by atoms with van der Waals surface area (Å²) < 4.78 is 5.50. The minimum Gasteiger partial charge on any atom is -0.491 e. The van der Waals surface area contributed by atoms with Crippen LogP contribution in [0.4, 0.5) is 0 Å². The zero-order valence-corrected chi connectivity index (χ0v) is 10.3. The summed E-state index contributed by atoms with van der Waals surface area (Å²) in [6.07, 6.45) is 2.73. The molecular weight excluding hydrogens is 208 g/mol. The van der Waals surface area contributed by atoms with E-state index in [1.807, 2.05) is 37.4 Å². The van der Waals surface area contributed by atoms with Crippen LogP contribution in [0.1, 0.15) is 20.3 Å². The van der Waals surface area contributed by atoms with Crippen LogP contribution in [0.2, 0.25) is 0 Å². The minimum absolute atomic E-state index is 0.335. The van der Waals surface area contributed by atoms with Crippen molar-refractivity contribution < 1.29 is 9.84 Å². The van der Waals surface area contributed by atoms with Crippen LogP contribution in [0.5, 0.6) is 5.75 Å². The second-order valence-electron chi connectivity index (χ2n) is 3.81. The van der Waals surface area contributed by atoms with Gasteiger partial charge in [-0.15, -0.1) is 11.8 Å². The van der Waals surface area contributed by atoms with Crippen molar-refractivity contribution in [2.45, 2.75) is 30.8 Å². The molecule has 3 heteroatoms. The van der Waals surface area contributed by atoms with Crippen molar-refractivity contribution in [1.29, 1.82) is 0 Å². The summed E-state index contributed by atoms with van der Waals surface area (Å²) in [6.45, 7) is 4.06. The van der Waals surface area contributed by atoms with Crippen LogP contribution in [-0.2, 0) is 0 Å². The Morgan fingerprint density at radius 1 is 1.33 bits per heavy atom. The van der Waals surface area contributed by atoms with Crippen LogP contribution < -0.4 is 4.74 Å². The van der Waals surface area contributed by atoms with Crippen molar-refractivity contribution in [3.05, 3.63) is 24.3 Å². The highest BCUT2D eigenvalue weighted by molar-refractivity contribution is 7.98. The molecule has 0 heterocycles. The first-order chi connectivity index (χ1) is 7.07. The van der Waals surface area contributed by atoms with Crippen molar-refractivity contribution in [3.8, 4) is 5.75 Å². The molecule has 1 atom stereocenters. The van der Waals surface area contributed by atoms with E-state index in [9.17, 15) is 5.11 Å². The lowest BCUT2D eigenvalue weighted by Crippen LogP contribution is -2.31. The van der Waals surface area contributed by atoms with Crippen molar-refractivity contribution >= 4 is 11.8 Å². The maximum Gasteiger partial charge on any atom is 0.119 e. The van der Waals surface area contributed by atoms with Crippen molar-refractivity contribution in [1.82, 2.24) is 0 Å². The maximum absolute atomic E-state index is 9.76. The molecule has 0 amide bonds. The maximum atomic E-state index is 9.76. The summed E-state index contributed by atoms with van der Waals surface area (Å²) in [5, 5.41) is 9.76. The molecule has 1 aromatic carbocycles. The fraction of sp³-hybridized carbons (Fsp3) is 0.500. The summed E-state index contributed by atoms with van der Waals surface area (Å²) in [4.78, 5) is 1.21. The van der Waals surface area contributed by atoms with Crippen LogP contribution in [0, 0.1) is 0 Å². The SMILES string of the molecule is CCC(C)(O)COc1ccc(SC)cc1. The van der Waals surface area contributed by atoms with Gasteiger partial charge >= 0.3 is 0 Å². The molecule has 0 radical (unpaired) electrons. The molecule has 84 valence electrons. The smallest absolute Gasteiger partial charge is 0.119 e. The van der Waals surface area contributed by atoms with E-state index in [0.717, 1.165) is 5.75 Å². The molecule has 0 aromatic heterocycles. The molecule has 2 nitrogen and oxygen atoms in total. The number of ether oxygens (including phenoxy) is 1. The summed E-state index contributed by atoms with van der Waals surface area (Å²) in [5.41, 5.74) is -0.738. The standard InChI is InChI=1S/C12H18O2S/c1-4-12(2,13)9-14-10-5-7-11(15-3)8-6-10/h5-8,13H,4,9H2,1-3H3. The Labute approximate surface area is 95.7 Å². The molecule has 0 bridgehead atoms. The fourth-order valence-corrected chi connectivity index (χ4v) is 1.42. The molecule has 1 aromatic rings. The van der Waals surface area contributed by atoms with Crippen LogP contribution in [0.15, 0.2) is 29.2 Å². The number of hydrogen-bond acceptors (Lipinski definition) is 3. The zero-order chi connectivity index (χ0) is 11.3. The van der Waals surface area contributed by atoms with Gasteiger partial charge in [-0.05, 0) is 43.9 Å². The van der Waals surface area contributed by atoms with Gasteiger partial charge in [0, 0.05) is 4.90 Å². The van der Waals surface area contributed by atoms with Crippen molar-refractivity contribution in [2.24, 2.45) is 0 Å². The third-order valence-electron chi connectivity index (χ3n) is 2.37. The van der Waals surface area contributed by atoms with Gasteiger partial charge in [-0.3, -0.25) is 0 Å². The number of aliphatic hydroxyl groups is 1. The second-order valence-corrected chi connectivity index (χ2v) is 4.69. The van der Waals surface area contributed by atoms with Crippen molar-refractivity contribution in [3.63, 3.8) is 0 Å². The van der Waals surface area contributed by atoms with Gasteiger partial charge in [0.15, 0.2) is 0 Å². The average molecular weight is 226 g/mol. The number of hydrogen-bond donors (Lipinski definition) is 1. The van der Waals surface area contributed by atoms with Crippen LogP contribution in [0.25, 0.3) is 0 Å². The first kappa shape index (κ1) is 12.4. The molecule has 0 saturated carbocycles. The summed E-state index contributed by atoms with van der Waals surface area (Å²) >= 11 is 1.70. The predicted octanol–water partition coefficient (Wildman–Crippen LogP) is 2.95. The van der Waals surface area contributed by atoms with Gasteiger partial charge in [-0.25, -0.2) is 0 Å². The third-order valence-corrected chi connectivity index (χ3v) is 3.11. The molecule has 0 aliphatic heterocycles. The van der Waals surface area contributed by atoms with Crippen molar-refractivity contribution in [2.75, 3.05) is 12.9 Å². The summed E-state index contributed by atoms with van der Waals surface area (Å²) in [7, 11) is 0. The third kappa shape index (κ3) is 4.14. The van der Waals surface area contributed by atoms with E-state index in [2.05, 4.69) is 0 Å². The lowest BCUT2D eigenvalue weighted by molar-refractivity contribution is 0.00845. The molecule has 0 aliphatic carbocycles. The quantitative estimate of drug-likeness (QED) is 0.783. The second kappa shape index (κ2) is 5.42. The Morgan fingerprint density at radius 2 is 1.93 bits per heavy atom. The number of thioether (sulfide) groups is 1. The summed E-state index contributed by atoms with van der Waals surface area (Å²) in [5.74, 6) is 0.807. The number of rotatable bonds is 5. The highest BCUT2D eigenvalue weighted by atomic mass is 32.2. The molecule has 1 unspecified atom stereocenters. The Kier molecular flexibility index (Phi) is 4.48. The van der Waals surface area contributed by atoms with Gasteiger partial charge in [0.25, 0.3) is 0 Å². The zero-order valence-electron chi connectivity index (χ0n) is 9.49. The largest absolute Gasteiger partial charge is 0.491 e. The first-order valence-electron chi connectivity index (χ1n) is 5.06. The van der Waals surface area contributed by atoms with E-state index >= 15 is 0 Å². The molecule has 1 N–H and O–H groups in total. The first-order valence-corrected chi connectivity index (χ1v) is 6.29. The number of benzene rings is 1. The monoisotopic (exact) mass is 226 g/mol. The topological polar surface area (TPSA) is 29.5 Å². The minimum atomic E-state index is -0.738. The highest BCUT2D eigenvalue weighted by Gasteiger charge is 2.18. The molecular formula is C12H18O2S. The Bertz CT molecular complexity index is 293. The lowest BCUT2D eigenvalue weighted by Gasteiger charge is -2.21. The van der Waals surface area contributed by atoms with E-state index < -0.39 is 5.60 Å². The molecule has 0 fully saturated rings. The lowest BCUT2D eigenvalue weighted by atomic mass is 10.1. The predicted molar refractivity (Wildman–Crippen MR) is 64.6 cm³/mol.